The number of carbonyl (C=O) groups is 3. The van der Waals surface area contributed by atoms with Gasteiger partial charge in [-0.1, -0.05) is 44.2 Å². The standard InChI is InChI=1S/C37H47F3N4O6/c1-23(49-24(2)46)34(47)44(20-26-19-43(21-30(26)40)35(48)50-36(3,4)5)32(37(6,7)15-16-45)33-41-31(28-17-27(38)13-14-29(28)39)22-42(33)18-25-11-9-8-10-12-25/h8-14,17,22-23,26,30,32,45H,15-16,18-21H2,1-7H3. The molecule has 3 aromatic rings. The Bertz CT molecular complexity index is 1660. The summed E-state index contributed by atoms with van der Waals surface area (Å²) in [6.07, 6.45) is -1.80. The number of aromatic nitrogens is 2. The van der Waals surface area contributed by atoms with Crippen LogP contribution in [0.4, 0.5) is 18.0 Å². The van der Waals surface area contributed by atoms with Gasteiger partial charge < -0.3 is 28.9 Å². The average Bonchev–Trinajstić information content (AvgIpc) is 3.59. The Morgan fingerprint density at radius 2 is 1.74 bits per heavy atom. The molecule has 0 radical (unpaired) electrons. The number of rotatable bonds is 12. The van der Waals surface area contributed by atoms with E-state index < -0.39 is 64.9 Å². The van der Waals surface area contributed by atoms with Crippen LogP contribution in [0, 0.1) is 23.0 Å². The SMILES string of the molecule is CC(=O)OC(C)C(=O)N(CC1CN(C(=O)OC(C)(C)C)CC1F)C(c1nc(-c2cc(F)ccc2F)cn1Cc1ccccc1)C(C)(C)CCO. The van der Waals surface area contributed by atoms with Crippen molar-refractivity contribution in [1.29, 1.82) is 0 Å². The molecule has 10 nitrogen and oxygen atoms in total. The molecule has 1 N–H and O–H groups in total. The summed E-state index contributed by atoms with van der Waals surface area (Å²) >= 11 is 0. The highest BCUT2D eigenvalue weighted by molar-refractivity contribution is 5.83. The number of alkyl halides is 1. The molecule has 1 aliphatic rings. The molecule has 1 aromatic heterocycles. The number of amides is 2. The van der Waals surface area contributed by atoms with Gasteiger partial charge in [0.15, 0.2) is 6.10 Å². The number of esters is 1. The minimum atomic E-state index is -1.54. The molecule has 2 aromatic carbocycles. The normalized spacial score (nSPS) is 17.7. The van der Waals surface area contributed by atoms with Gasteiger partial charge in [0, 0.05) is 50.8 Å². The van der Waals surface area contributed by atoms with Crippen molar-refractivity contribution in [1.82, 2.24) is 19.4 Å². The molecule has 0 aliphatic carbocycles. The molecule has 1 saturated heterocycles. The van der Waals surface area contributed by atoms with E-state index in [0.29, 0.717) is 0 Å². The highest BCUT2D eigenvalue weighted by Gasteiger charge is 2.46. The van der Waals surface area contributed by atoms with Crippen LogP contribution in [-0.4, -0.2) is 86.5 Å². The first-order valence-electron chi connectivity index (χ1n) is 16.7. The first-order chi connectivity index (χ1) is 23.4. The lowest BCUT2D eigenvalue weighted by Gasteiger charge is -2.43. The Morgan fingerprint density at radius 3 is 2.36 bits per heavy atom. The second-order valence-corrected chi connectivity index (χ2v) is 14.5. The fourth-order valence-electron chi connectivity index (χ4n) is 6.30. The molecule has 2 amide bonds. The second kappa shape index (κ2) is 15.7. The summed E-state index contributed by atoms with van der Waals surface area (Å²) in [4.78, 5) is 46.8. The van der Waals surface area contributed by atoms with Crippen LogP contribution in [-0.2, 0) is 25.6 Å². The maximum absolute atomic E-state index is 15.8. The van der Waals surface area contributed by atoms with E-state index in [4.69, 9.17) is 14.5 Å². The zero-order valence-corrected chi connectivity index (χ0v) is 29.7. The number of imidazole rings is 1. The molecule has 50 heavy (non-hydrogen) atoms. The van der Waals surface area contributed by atoms with Gasteiger partial charge in [-0.05, 0) is 63.3 Å². The van der Waals surface area contributed by atoms with E-state index in [-0.39, 0.29) is 56.3 Å². The van der Waals surface area contributed by atoms with Crippen LogP contribution in [0.2, 0.25) is 0 Å². The Hall–Kier alpha value is -4.39. The highest BCUT2D eigenvalue weighted by Crippen LogP contribution is 2.43. The van der Waals surface area contributed by atoms with Crippen molar-refractivity contribution < 1.29 is 42.1 Å². The molecule has 13 heteroatoms. The van der Waals surface area contributed by atoms with Gasteiger partial charge in [0.2, 0.25) is 0 Å². The van der Waals surface area contributed by atoms with Crippen LogP contribution in [0.3, 0.4) is 0 Å². The molecule has 4 unspecified atom stereocenters. The van der Waals surface area contributed by atoms with Crippen molar-refractivity contribution in [3.63, 3.8) is 0 Å². The lowest BCUT2D eigenvalue weighted by atomic mass is 9.79. The minimum absolute atomic E-state index is 0.0623. The number of hydrogen-bond donors (Lipinski definition) is 1. The van der Waals surface area contributed by atoms with Gasteiger partial charge in [0.1, 0.15) is 29.2 Å². The molecule has 1 aliphatic heterocycles. The topological polar surface area (TPSA) is 114 Å². The quantitative estimate of drug-likeness (QED) is 0.220. The van der Waals surface area contributed by atoms with Gasteiger partial charge in [0.25, 0.3) is 5.91 Å². The molecule has 1 fully saturated rings. The fraction of sp³-hybridized carbons (Fsp3) is 0.514. The van der Waals surface area contributed by atoms with E-state index in [1.54, 1.807) is 31.5 Å². The van der Waals surface area contributed by atoms with Crippen molar-refractivity contribution >= 4 is 18.0 Å². The van der Waals surface area contributed by atoms with Crippen molar-refractivity contribution in [2.45, 2.75) is 85.4 Å². The zero-order valence-electron chi connectivity index (χ0n) is 29.7. The number of ether oxygens (including phenoxy) is 2. The monoisotopic (exact) mass is 700 g/mol. The van der Waals surface area contributed by atoms with E-state index >= 15 is 8.78 Å². The van der Waals surface area contributed by atoms with Gasteiger partial charge in [-0.3, -0.25) is 9.59 Å². The molecule has 4 rings (SSSR count). The number of hydrogen-bond acceptors (Lipinski definition) is 7. The number of benzene rings is 2. The van der Waals surface area contributed by atoms with Crippen LogP contribution in [0.25, 0.3) is 11.3 Å². The van der Waals surface area contributed by atoms with E-state index in [0.717, 1.165) is 23.8 Å². The number of nitrogens with zero attached hydrogens (tertiary/aromatic N) is 4. The van der Waals surface area contributed by atoms with Gasteiger partial charge in [-0.15, -0.1) is 0 Å². The summed E-state index contributed by atoms with van der Waals surface area (Å²) in [5, 5.41) is 10.2. The lowest BCUT2D eigenvalue weighted by Crippen LogP contribution is -2.50. The number of carbonyl (C=O) groups excluding carboxylic acids is 3. The summed E-state index contributed by atoms with van der Waals surface area (Å²) in [6.45, 7) is 10.7. The fourth-order valence-corrected chi connectivity index (χ4v) is 6.30. The summed E-state index contributed by atoms with van der Waals surface area (Å²) in [5.74, 6) is -3.36. The van der Waals surface area contributed by atoms with Gasteiger partial charge in [-0.25, -0.2) is 22.9 Å². The molecule has 0 bridgehead atoms. The highest BCUT2D eigenvalue weighted by atomic mass is 19.1. The Morgan fingerprint density at radius 1 is 1.06 bits per heavy atom. The Kier molecular flexibility index (Phi) is 12.0. The van der Waals surface area contributed by atoms with Gasteiger partial charge in [-0.2, -0.15) is 0 Å². The lowest BCUT2D eigenvalue weighted by molar-refractivity contribution is -0.161. The third-order valence-electron chi connectivity index (χ3n) is 8.68. The van der Waals surface area contributed by atoms with Crippen LogP contribution in [0.5, 0.6) is 0 Å². The van der Waals surface area contributed by atoms with E-state index in [1.807, 2.05) is 44.2 Å². The van der Waals surface area contributed by atoms with Crippen LogP contribution in [0.15, 0.2) is 54.7 Å². The number of aliphatic hydroxyl groups is 1. The molecule has 2 heterocycles. The molecular formula is C37H47F3N4O6. The van der Waals surface area contributed by atoms with Crippen molar-refractivity contribution in [2.75, 3.05) is 26.2 Å². The number of likely N-dealkylation sites (tertiary alicyclic amines) is 1. The predicted octanol–water partition coefficient (Wildman–Crippen LogP) is 6.31. The zero-order chi connectivity index (χ0) is 37.0. The third kappa shape index (κ3) is 9.43. The maximum atomic E-state index is 15.8. The van der Waals surface area contributed by atoms with Crippen LogP contribution < -0.4 is 0 Å². The van der Waals surface area contributed by atoms with E-state index in [2.05, 4.69) is 0 Å². The molecule has 0 spiro atoms. The van der Waals surface area contributed by atoms with Crippen molar-refractivity contribution in [2.24, 2.45) is 11.3 Å². The van der Waals surface area contributed by atoms with Gasteiger partial charge >= 0.3 is 12.1 Å². The van der Waals surface area contributed by atoms with Crippen molar-refractivity contribution in [3.05, 3.63) is 77.8 Å². The van der Waals surface area contributed by atoms with E-state index in [9.17, 15) is 23.9 Å². The van der Waals surface area contributed by atoms with Crippen LogP contribution >= 0.6 is 0 Å². The van der Waals surface area contributed by atoms with Crippen LogP contribution in [0.1, 0.15) is 72.3 Å². The maximum Gasteiger partial charge on any atom is 0.410 e. The van der Waals surface area contributed by atoms with E-state index in [1.165, 1.54) is 23.6 Å². The molecule has 4 atom stereocenters. The Balaban J connectivity index is 1.89. The largest absolute Gasteiger partial charge is 0.453 e. The van der Waals surface area contributed by atoms with Gasteiger partial charge in [0.05, 0.1) is 18.3 Å². The summed E-state index contributed by atoms with van der Waals surface area (Å²) in [7, 11) is 0. The average molecular weight is 701 g/mol. The van der Waals surface area contributed by atoms with Crippen molar-refractivity contribution in [3.8, 4) is 11.3 Å². The second-order valence-electron chi connectivity index (χ2n) is 14.5. The number of halogens is 3. The molecule has 272 valence electrons. The third-order valence-corrected chi connectivity index (χ3v) is 8.68. The summed E-state index contributed by atoms with van der Waals surface area (Å²) in [5.41, 5.74) is -0.937. The first-order valence-corrected chi connectivity index (χ1v) is 16.7. The minimum Gasteiger partial charge on any atom is -0.453 e. The predicted molar refractivity (Wildman–Crippen MR) is 180 cm³/mol. The molecule has 0 saturated carbocycles. The smallest absolute Gasteiger partial charge is 0.410 e. The first kappa shape index (κ1) is 38.4. The Labute approximate surface area is 291 Å². The summed E-state index contributed by atoms with van der Waals surface area (Å²) < 4.78 is 57.9. The number of aliphatic hydroxyl groups excluding tert-OH is 1. The summed E-state index contributed by atoms with van der Waals surface area (Å²) in [6, 6.07) is 11.3. The molecular weight excluding hydrogens is 653 g/mol.